The smallest absolute Gasteiger partial charge is 0.258 e. The third kappa shape index (κ3) is 4.41. The van der Waals surface area contributed by atoms with Gasteiger partial charge in [-0.15, -0.1) is 0 Å². The number of benzene rings is 2. The van der Waals surface area contributed by atoms with Crippen LogP contribution in [-0.2, 0) is 6.54 Å². The molecule has 1 amide bonds. The van der Waals surface area contributed by atoms with Gasteiger partial charge in [0.15, 0.2) is 0 Å². The van der Waals surface area contributed by atoms with Crippen molar-refractivity contribution >= 4 is 11.6 Å². The van der Waals surface area contributed by atoms with Crippen molar-refractivity contribution in [1.82, 2.24) is 9.55 Å². The molecule has 1 heterocycles. The van der Waals surface area contributed by atoms with Crippen LogP contribution >= 0.6 is 0 Å². The van der Waals surface area contributed by atoms with Gasteiger partial charge in [0.1, 0.15) is 24.0 Å². The molecule has 0 saturated carbocycles. The van der Waals surface area contributed by atoms with Gasteiger partial charge >= 0.3 is 0 Å². The summed E-state index contributed by atoms with van der Waals surface area (Å²) >= 11 is 0. The molecule has 0 spiro atoms. The van der Waals surface area contributed by atoms with Crippen molar-refractivity contribution < 1.29 is 18.3 Å². The van der Waals surface area contributed by atoms with Gasteiger partial charge in [0, 0.05) is 30.2 Å². The number of imidazole rings is 1. The fourth-order valence-corrected chi connectivity index (χ4v) is 2.22. The second-order valence-electron chi connectivity index (χ2n) is 5.26. The molecule has 0 aliphatic carbocycles. The highest BCUT2D eigenvalue weighted by molar-refractivity contribution is 6.04. The first-order valence-electron chi connectivity index (χ1n) is 7.57. The van der Waals surface area contributed by atoms with E-state index in [0.717, 1.165) is 12.1 Å². The Morgan fingerprint density at radius 3 is 2.84 bits per heavy atom. The molecule has 3 rings (SSSR count). The molecule has 0 saturated heterocycles. The Bertz CT molecular complexity index is 867. The Morgan fingerprint density at radius 1 is 1.20 bits per heavy atom. The van der Waals surface area contributed by atoms with Crippen LogP contribution in [0, 0.1) is 11.6 Å². The number of nitrogens with zero attached hydrogens (tertiary/aromatic N) is 2. The van der Waals surface area contributed by atoms with Gasteiger partial charge in [-0.25, -0.2) is 13.8 Å². The molecule has 0 radical (unpaired) electrons. The van der Waals surface area contributed by atoms with Crippen LogP contribution in [0.25, 0.3) is 0 Å². The maximum Gasteiger partial charge on any atom is 0.258 e. The largest absolute Gasteiger partial charge is 0.492 e. The summed E-state index contributed by atoms with van der Waals surface area (Å²) < 4.78 is 34.1. The number of anilines is 1. The number of nitrogens with one attached hydrogen (secondary N) is 1. The Kier molecular flexibility index (Phi) is 5.03. The lowest BCUT2D eigenvalue weighted by Crippen LogP contribution is -2.14. The zero-order valence-corrected chi connectivity index (χ0v) is 13.2. The van der Waals surface area contributed by atoms with Crippen molar-refractivity contribution in [2.75, 3.05) is 11.9 Å². The van der Waals surface area contributed by atoms with Gasteiger partial charge < -0.3 is 14.6 Å². The first-order valence-corrected chi connectivity index (χ1v) is 7.57. The second-order valence-corrected chi connectivity index (χ2v) is 5.26. The molecule has 1 N–H and O–H groups in total. The number of carbonyl (C=O) groups excluding carboxylic acids is 1. The van der Waals surface area contributed by atoms with E-state index in [4.69, 9.17) is 4.74 Å². The highest BCUT2D eigenvalue weighted by Gasteiger charge is 2.13. The predicted octanol–water partition coefficient (Wildman–Crippen LogP) is 3.49. The molecule has 1 aromatic heterocycles. The molecule has 3 aromatic rings. The van der Waals surface area contributed by atoms with Crippen LogP contribution < -0.4 is 10.1 Å². The van der Waals surface area contributed by atoms with E-state index in [2.05, 4.69) is 10.3 Å². The van der Waals surface area contributed by atoms with E-state index in [9.17, 15) is 13.6 Å². The summed E-state index contributed by atoms with van der Waals surface area (Å²) in [7, 11) is 0. The third-order valence-corrected chi connectivity index (χ3v) is 3.45. The summed E-state index contributed by atoms with van der Waals surface area (Å²) in [6, 6.07) is 9.56. The van der Waals surface area contributed by atoms with Crippen LogP contribution in [0.15, 0.2) is 61.2 Å². The van der Waals surface area contributed by atoms with Gasteiger partial charge in [0.25, 0.3) is 5.91 Å². The van der Waals surface area contributed by atoms with Gasteiger partial charge in [0.05, 0.1) is 18.4 Å². The third-order valence-electron chi connectivity index (χ3n) is 3.45. The Morgan fingerprint density at radius 2 is 2.08 bits per heavy atom. The fourth-order valence-electron chi connectivity index (χ4n) is 2.22. The lowest BCUT2D eigenvalue weighted by molar-refractivity contribution is 0.102. The van der Waals surface area contributed by atoms with Gasteiger partial charge in [-0.05, 0) is 24.3 Å². The minimum Gasteiger partial charge on any atom is -0.492 e. The van der Waals surface area contributed by atoms with Crippen molar-refractivity contribution in [3.63, 3.8) is 0 Å². The fraction of sp³-hybridized carbons (Fsp3) is 0.111. The number of rotatable bonds is 6. The SMILES string of the molecule is O=C(Nc1cccc(OCCn2ccnc2)c1)c1ccc(F)cc1F. The van der Waals surface area contributed by atoms with Crippen molar-refractivity contribution in [3.05, 3.63) is 78.4 Å². The summed E-state index contributed by atoms with van der Waals surface area (Å²) in [6.07, 6.45) is 5.21. The van der Waals surface area contributed by atoms with E-state index in [1.165, 1.54) is 0 Å². The van der Waals surface area contributed by atoms with E-state index < -0.39 is 17.5 Å². The van der Waals surface area contributed by atoms with Crippen LogP contribution in [0.3, 0.4) is 0 Å². The van der Waals surface area contributed by atoms with Crippen LogP contribution in [0.1, 0.15) is 10.4 Å². The topological polar surface area (TPSA) is 56.1 Å². The lowest BCUT2D eigenvalue weighted by atomic mass is 10.2. The molecule has 128 valence electrons. The second kappa shape index (κ2) is 7.57. The van der Waals surface area contributed by atoms with Crippen molar-refractivity contribution in [3.8, 4) is 5.75 Å². The Balaban J connectivity index is 1.61. The number of hydrogen-bond acceptors (Lipinski definition) is 3. The van der Waals surface area contributed by atoms with E-state index in [1.54, 1.807) is 36.8 Å². The molecule has 0 aliphatic heterocycles. The Labute approximate surface area is 142 Å². The lowest BCUT2D eigenvalue weighted by Gasteiger charge is -2.10. The number of hydrogen-bond donors (Lipinski definition) is 1. The van der Waals surface area contributed by atoms with E-state index in [0.29, 0.717) is 30.7 Å². The van der Waals surface area contributed by atoms with Crippen molar-refractivity contribution in [2.24, 2.45) is 0 Å². The minimum atomic E-state index is -0.912. The zero-order chi connectivity index (χ0) is 17.6. The molecule has 0 bridgehead atoms. The monoisotopic (exact) mass is 343 g/mol. The van der Waals surface area contributed by atoms with E-state index in [-0.39, 0.29) is 5.56 Å². The number of halogens is 2. The van der Waals surface area contributed by atoms with Crippen molar-refractivity contribution in [1.29, 1.82) is 0 Å². The van der Waals surface area contributed by atoms with Crippen LogP contribution in [0.5, 0.6) is 5.75 Å². The molecule has 0 fully saturated rings. The number of ether oxygens (including phenoxy) is 1. The first kappa shape index (κ1) is 16.6. The predicted molar refractivity (Wildman–Crippen MR) is 88.5 cm³/mol. The van der Waals surface area contributed by atoms with Crippen molar-refractivity contribution in [2.45, 2.75) is 6.54 Å². The number of amides is 1. The van der Waals surface area contributed by atoms with Gasteiger partial charge in [-0.1, -0.05) is 6.07 Å². The summed E-state index contributed by atoms with van der Waals surface area (Å²) in [5.41, 5.74) is 0.224. The Hall–Kier alpha value is -3.22. The van der Waals surface area contributed by atoms with Crippen LogP contribution in [0.2, 0.25) is 0 Å². The summed E-state index contributed by atoms with van der Waals surface area (Å²) in [4.78, 5) is 16.0. The summed E-state index contributed by atoms with van der Waals surface area (Å²) in [5.74, 6) is -1.74. The number of carbonyl (C=O) groups is 1. The minimum absolute atomic E-state index is 0.229. The molecule has 7 heteroatoms. The van der Waals surface area contributed by atoms with Gasteiger partial charge in [-0.3, -0.25) is 4.79 Å². The average molecular weight is 343 g/mol. The molecular formula is C18H15F2N3O2. The molecule has 25 heavy (non-hydrogen) atoms. The average Bonchev–Trinajstić information content (AvgIpc) is 3.08. The van der Waals surface area contributed by atoms with E-state index in [1.807, 2.05) is 10.8 Å². The molecule has 0 atom stereocenters. The standard InChI is InChI=1S/C18H15F2N3O2/c19-13-4-5-16(17(20)10-13)18(24)22-14-2-1-3-15(11-14)25-9-8-23-7-6-21-12-23/h1-7,10-12H,8-9H2,(H,22,24). The molecule has 0 unspecified atom stereocenters. The van der Waals surface area contributed by atoms with Crippen LogP contribution in [0.4, 0.5) is 14.5 Å². The number of aromatic nitrogens is 2. The molecule has 2 aromatic carbocycles. The molecule has 5 nitrogen and oxygen atoms in total. The molecular weight excluding hydrogens is 328 g/mol. The normalized spacial score (nSPS) is 10.5. The quantitative estimate of drug-likeness (QED) is 0.745. The first-order chi connectivity index (χ1) is 12.1. The zero-order valence-electron chi connectivity index (χ0n) is 13.2. The highest BCUT2D eigenvalue weighted by atomic mass is 19.1. The van der Waals surface area contributed by atoms with Crippen LogP contribution in [-0.4, -0.2) is 22.1 Å². The van der Waals surface area contributed by atoms with Gasteiger partial charge in [0.2, 0.25) is 0 Å². The van der Waals surface area contributed by atoms with E-state index >= 15 is 0 Å². The highest BCUT2D eigenvalue weighted by Crippen LogP contribution is 2.19. The maximum atomic E-state index is 13.7. The maximum absolute atomic E-state index is 13.7. The van der Waals surface area contributed by atoms with Gasteiger partial charge in [-0.2, -0.15) is 0 Å². The molecule has 0 aliphatic rings. The summed E-state index contributed by atoms with van der Waals surface area (Å²) in [6.45, 7) is 1.07. The summed E-state index contributed by atoms with van der Waals surface area (Å²) in [5, 5.41) is 2.57.